The SMILES string of the molecule is CCCCOC(=O)n1cccc1. The Morgan fingerprint density at radius 1 is 1.42 bits per heavy atom. The van der Waals surface area contributed by atoms with E-state index in [1.165, 1.54) is 4.57 Å². The largest absolute Gasteiger partial charge is 0.449 e. The van der Waals surface area contributed by atoms with Gasteiger partial charge in [0, 0.05) is 12.4 Å². The van der Waals surface area contributed by atoms with Crippen molar-refractivity contribution >= 4 is 6.09 Å². The molecule has 0 fully saturated rings. The molecule has 0 aliphatic carbocycles. The summed E-state index contributed by atoms with van der Waals surface area (Å²) < 4.78 is 6.38. The fourth-order valence-electron chi connectivity index (χ4n) is 0.835. The molecular weight excluding hydrogens is 154 g/mol. The number of nitrogens with zero attached hydrogens (tertiary/aromatic N) is 1. The third-order valence-electron chi connectivity index (χ3n) is 1.54. The highest BCUT2D eigenvalue weighted by Gasteiger charge is 2.01. The van der Waals surface area contributed by atoms with Gasteiger partial charge in [-0.05, 0) is 18.6 Å². The molecule has 0 atom stereocenters. The van der Waals surface area contributed by atoms with Crippen LogP contribution in [0.1, 0.15) is 19.8 Å². The normalized spacial score (nSPS) is 9.75. The number of aromatic nitrogens is 1. The van der Waals surface area contributed by atoms with Crippen molar-refractivity contribution in [3.8, 4) is 0 Å². The average molecular weight is 167 g/mol. The molecule has 1 aromatic heterocycles. The third-order valence-corrected chi connectivity index (χ3v) is 1.54. The minimum absolute atomic E-state index is 0.298. The quantitative estimate of drug-likeness (QED) is 0.646. The van der Waals surface area contributed by atoms with Crippen LogP contribution < -0.4 is 0 Å². The van der Waals surface area contributed by atoms with E-state index in [2.05, 4.69) is 6.92 Å². The standard InChI is InChI=1S/C9H13NO2/c1-2-3-8-12-9(11)10-6-4-5-7-10/h4-7H,2-3,8H2,1H3. The van der Waals surface area contributed by atoms with Crippen molar-refractivity contribution in [3.63, 3.8) is 0 Å². The van der Waals surface area contributed by atoms with Crippen molar-refractivity contribution in [3.05, 3.63) is 24.5 Å². The van der Waals surface area contributed by atoms with Crippen LogP contribution in [-0.2, 0) is 4.74 Å². The number of ether oxygens (including phenoxy) is 1. The first-order chi connectivity index (χ1) is 5.84. The van der Waals surface area contributed by atoms with Crippen molar-refractivity contribution in [1.82, 2.24) is 4.57 Å². The van der Waals surface area contributed by atoms with Crippen LogP contribution in [0, 0.1) is 0 Å². The van der Waals surface area contributed by atoms with Crippen molar-refractivity contribution in [2.24, 2.45) is 0 Å². The molecule has 0 spiro atoms. The summed E-state index contributed by atoms with van der Waals surface area (Å²) in [5.74, 6) is 0. The fourth-order valence-corrected chi connectivity index (χ4v) is 0.835. The lowest BCUT2D eigenvalue weighted by molar-refractivity contribution is 0.146. The molecule has 0 bridgehead atoms. The van der Waals surface area contributed by atoms with Gasteiger partial charge in [0.1, 0.15) is 0 Å². The number of carbonyl (C=O) groups excluding carboxylic acids is 1. The number of unbranched alkanes of at least 4 members (excludes halogenated alkanes) is 1. The molecule has 1 rings (SSSR count). The van der Waals surface area contributed by atoms with Crippen LogP contribution in [-0.4, -0.2) is 17.3 Å². The van der Waals surface area contributed by atoms with E-state index in [1.54, 1.807) is 24.5 Å². The van der Waals surface area contributed by atoms with Crippen molar-refractivity contribution in [2.45, 2.75) is 19.8 Å². The summed E-state index contributed by atoms with van der Waals surface area (Å²) >= 11 is 0. The van der Waals surface area contributed by atoms with Gasteiger partial charge in [-0.25, -0.2) is 4.79 Å². The smallest absolute Gasteiger partial charge is 0.417 e. The van der Waals surface area contributed by atoms with Gasteiger partial charge in [-0.1, -0.05) is 13.3 Å². The highest BCUT2D eigenvalue weighted by atomic mass is 16.5. The Hall–Kier alpha value is -1.25. The first kappa shape index (κ1) is 8.84. The van der Waals surface area contributed by atoms with E-state index in [0.717, 1.165) is 12.8 Å². The monoisotopic (exact) mass is 167 g/mol. The van der Waals surface area contributed by atoms with Gasteiger partial charge >= 0.3 is 6.09 Å². The van der Waals surface area contributed by atoms with E-state index in [-0.39, 0.29) is 6.09 Å². The minimum atomic E-state index is -0.298. The molecule has 0 saturated heterocycles. The molecular formula is C9H13NO2. The van der Waals surface area contributed by atoms with Crippen LogP contribution in [0.5, 0.6) is 0 Å². The van der Waals surface area contributed by atoms with Gasteiger partial charge in [0.15, 0.2) is 0 Å². The zero-order chi connectivity index (χ0) is 8.81. The second-order valence-corrected chi connectivity index (χ2v) is 2.56. The molecule has 12 heavy (non-hydrogen) atoms. The van der Waals surface area contributed by atoms with Crippen LogP contribution in [0.4, 0.5) is 4.79 Å². The van der Waals surface area contributed by atoms with Gasteiger partial charge in [-0.2, -0.15) is 0 Å². The topological polar surface area (TPSA) is 31.2 Å². The minimum Gasteiger partial charge on any atom is -0.449 e. The van der Waals surface area contributed by atoms with Crippen molar-refractivity contribution in [1.29, 1.82) is 0 Å². The average Bonchev–Trinajstić information content (AvgIpc) is 2.56. The van der Waals surface area contributed by atoms with Crippen LogP contribution in [0.3, 0.4) is 0 Å². The van der Waals surface area contributed by atoms with Gasteiger partial charge in [0.05, 0.1) is 6.61 Å². The molecule has 0 saturated carbocycles. The number of hydrogen-bond donors (Lipinski definition) is 0. The Morgan fingerprint density at radius 3 is 2.67 bits per heavy atom. The number of rotatable bonds is 3. The molecule has 0 aliphatic rings. The lowest BCUT2D eigenvalue weighted by Gasteiger charge is -2.02. The Balaban J connectivity index is 2.30. The molecule has 0 amide bonds. The summed E-state index contributed by atoms with van der Waals surface area (Å²) in [6.07, 6.45) is 5.02. The molecule has 3 nitrogen and oxygen atoms in total. The third kappa shape index (κ3) is 2.42. The lowest BCUT2D eigenvalue weighted by atomic mass is 10.4. The van der Waals surface area contributed by atoms with Crippen LogP contribution in [0.15, 0.2) is 24.5 Å². The van der Waals surface area contributed by atoms with E-state index in [4.69, 9.17) is 4.74 Å². The Morgan fingerprint density at radius 2 is 2.08 bits per heavy atom. The molecule has 0 N–H and O–H groups in total. The Bertz CT molecular complexity index is 229. The summed E-state index contributed by atoms with van der Waals surface area (Å²) in [7, 11) is 0. The summed E-state index contributed by atoms with van der Waals surface area (Å²) in [5, 5.41) is 0. The maximum atomic E-state index is 11.1. The summed E-state index contributed by atoms with van der Waals surface area (Å²) in [4.78, 5) is 11.1. The van der Waals surface area contributed by atoms with Gasteiger partial charge in [0.25, 0.3) is 0 Å². The predicted octanol–water partition coefficient (Wildman–Crippen LogP) is 2.27. The Kier molecular flexibility index (Phi) is 3.38. The number of carbonyl (C=O) groups is 1. The molecule has 1 heterocycles. The molecule has 0 aromatic carbocycles. The maximum absolute atomic E-state index is 11.1. The van der Waals surface area contributed by atoms with E-state index >= 15 is 0 Å². The van der Waals surface area contributed by atoms with Crippen LogP contribution in [0.25, 0.3) is 0 Å². The van der Waals surface area contributed by atoms with Gasteiger partial charge < -0.3 is 4.74 Å². The molecule has 1 aromatic rings. The van der Waals surface area contributed by atoms with Gasteiger partial charge in [-0.3, -0.25) is 4.57 Å². The summed E-state index contributed by atoms with van der Waals surface area (Å²) in [5.41, 5.74) is 0. The van der Waals surface area contributed by atoms with Gasteiger partial charge in [-0.15, -0.1) is 0 Å². The first-order valence-electron chi connectivity index (χ1n) is 4.14. The van der Waals surface area contributed by atoms with E-state index < -0.39 is 0 Å². The van der Waals surface area contributed by atoms with Crippen LogP contribution >= 0.6 is 0 Å². The highest BCUT2D eigenvalue weighted by Crippen LogP contribution is 1.94. The molecule has 0 unspecified atom stereocenters. The van der Waals surface area contributed by atoms with Crippen molar-refractivity contribution in [2.75, 3.05) is 6.61 Å². The molecule has 0 radical (unpaired) electrons. The second-order valence-electron chi connectivity index (χ2n) is 2.56. The highest BCUT2D eigenvalue weighted by molar-refractivity contribution is 5.70. The van der Waals surface area contributed by atoms with Crippen molar-refractivity contribution < 1.29 is 9.53 Å². The van der Waals surface area contributed by atoms with E-state index in [0.29, 0.717) is 6.61 Å². The Labute approximate surface area is 72.0 Å². The van der Waals surface area contributed by atoms with Gasteiger partial charge in [0.2, 0.25) is 0 Å². The molecule has 3 heteroatoms. The summed E-state index contributed by atoms with van der Waals surface area (Å²) in [6, 6.07) is 3.59. The summed E-state index contributed by atoms with van der Waals surface area (Å²) in [6.45, 7) is 2.57. The predicted molar refractivity (Wildman–Crippen MR) is 46.1 cm³/mol. The second kappa shape index (κ2) is 4.59. The van der Waals surface area contributed by atoms with Crippen LogP contribution in [0.2, 0.25) is 0 Å². The lowest BCUT2D eigenvalue weighted by Crippen LogP contribution is -2.12. The zero-order valence-electron chi connectivity index (χ0n) is 7.19. The van der Waals surface area contributed by atoms with E-state index in [1.807, 2.05) is 0 Å². The fraction of sp³-hybridized carbons (Fsp3) is 0.444. The molecule has 0 aliphatic heterocycles. The van der Waals surface area contributed by atoms with E-state index in [9.17, 15) is 4.79 Å². The number of hydrogen-bond acceptors (Lipinski definition) is 2. The maximum Gasteiger partial charge on any atom is 0.417 e. The first-order valence-corrected chi connectivity index (χ1v) is 4.14. The zero-order valence-corrected chi connectivity index (χ0v) is 7.19. The molecule has 66 valence electrons.